The number of aryl methyl sites for hydroxylation is 2. The van der Waals surface area contributed by atoms with E-state index in [4.69, 9.17) is 9.47 Å². The highest BCUT2D eigenvalue weighted by molar-refractivity contribution is 9.10. The summed E-state index contributed by atoms with van der Waals surface area (Å²) in [7, 11) is 3.41. The van der Waals surface area contributed by atoms with Gasteiger partial charge in [-0.25, -0.2) is 4.68 Å². The molecule has 3 rings (SSSR count). The van der Waals surface area contributed by atoms with Crippen LogP contribution >= 0.6 is 27.7 Å². The van der Waals surface area contributed by atoms with Gasteiger partial charge >= 0.3 is 0 Å². The number of methoxy groups -OCH3 is 1. The fourth-order valence-corrected chi connectivity index (χ4v) is 4.32. The maximum absolute atomic E-state index is 12.3. The van der Waals surface area contributed by atoms with Crippen molar-refractivity contribution in [1.82, 2.24) is 25.5 Å². The molecule has 11 heteroatoms. The Morgan fingerprint density at radius 1 is 1.24 bits per heavy atom. The summed E-state index contributed by atoms with van der Waals surface area (Å²) >= 11 is 5.17. The highest BCUT2D eigenvalue weighted by Gasteiger charge is 2.14. The molecule has 1 amide bonds. The number of tetrazole rings is 1. The lowest BCUT2D eigenvalue weighted by Crippen LogP contribution is -2.20. The summed E-state index contributed by atoms with van der Waals surface area (Å²) in [6.45, 7) is 3.41. The molecule has 0 aliphatic carbocycles. The third kappa shape index (κ3) is 7.72. The summed E-state index contributed by atoms with van der Waals surface area (Å²) in [5.41, 5.74) is 2.90. The summed E-state index contributed by atoms with van der Waals surface area (Å²) in [5, 5.41) is 18.5. The molecule has 3 aromatic rings. The Balaban J connectivity index is 1.45. The zero-order valence-corrected chi connectivity index (χ0v) is 21.2. The Labute approximate surface area is 205 Å². The number of benzene rings is 2. The quantitative estimate of drug-likeness (QED) is 0.268. The first-order valence-corrected chi connectivity index (χ1v) is 12.2. The van der Waals surface area contributed by atoms with E-state index < -0.39 is 0 Å². The van der Waals surface area contributed by atoms with E-state index in [1.54, 1.807) is 23.6 Å². The Kier molecular flexibility index (Phi) is 9.52. The first-order valence-electron chi connectivity index (χ1n) is 10.4. The van der Waals surface area contributed by atoms with Crippen molar-refractivity contribution in [1.29, 1.82) is 0 Å². The number of ether oxygens (including phenoxy) is 2. The van der Waals surface area contributed by atoms with Gasteiger partial charge in [0.2, 0.25) is 5.16 Å². The number of nitrogens with one attached hydrogen (secondary N) is 2. The Bertz CT molecular complexity index is 1060. The first-order chi connectivity index (χ1) is 16.0. The van der Waals surface area contributed by atoms with Crippen LogP contribution in [0, 0.1) is 6.92 Å². The largest absolute Gasteiger partial charge is 0.493 e. The molecule has 1 aromatic heterocycles. The van der Waals surface area contributed by atoms with Crippen molar-refractivity contribution in [2.45, 2.75) is 25.0 Å². The average Bonchev–Trinajstić information content (AvgIpc) is 3.21. The van der Waals surface area contributed by atoms with Gasteiger partial charge in [0.1, 0.15) is 0 Å². The summed E-state index contributed by atoms with van der Waals surface area (Å²) in [5.74, 6) is 1.74. The molecule has 0 aliphatic rings. The molecule has 0 atom stereocenters. The second-order valence-electron chi connectivity index (χ2n) is 7.28. The van der Waals surface area contributed by atoms with Crippen molar-refractivity contribution in [3.05, 3.63) is 52.0 Å². The van der Waals surface area contributed by atoms with Crippen LogP contribution in [0.1, 0.15) is 17.5 Å². The Hall–Kier alpha value is -2.63. The van der Waals surface area contributed by atoms with Gasteiger partial charge in [0.25, 0.3) is 5.91 Å². The van der Waals surface area contributed by atoms with Crippen LogP contribution in [0.25, 0.3) is 0 Å². The van der Waals surface area contributed by atoms with Crippen LogP contribution in [0.4, 0.5) is 5.69 Å². The summed E-state index contributed by atoms with van der Waals surface area (Å²) in [6, 6.07) is 11.5. The van der Waals surface area contributed by atoms with Gasteiger partial charge < -0.3 is 20.1 Å². The van der Waals surface area contributed by atoms with E-state index in [0.717, 1.165) is 45.2 Å². The summed E-state index contributed by atoms with van der Waals surface area (Å²) in [4.78, 5) is 12.3. The van der Waals surface area contributed by atoms with Crippen LogP contribution in [0.5, 0.6) is 11.5 Å². The molecule has 9 nitrogen and oxygen atoms in total. The lowest BCUT2D eigenvalue weighted by Gasteiger charge is -2.15. The highest BCUT2D eigenvalue weighted by atomic mass is 79.9. The molecule has 2 aromatic carbocycles. The van der Waals surface area contributed by atoms with Crippen molar-refractivity contribution in [3.8, 4) is 11.5 Å². The predicted molar refractivity (Wildman–Crippen MR) is 132 cm³/mol. The predicted octanol–water partition coefficient (Wildman–Crippen LogP) is 3.58. The molecule has 0 radical (unpaired) electrons. The first kappa shape index (κ1) is 25.0. The number of rotatable bonds is 12. The van der Waals surface area contributed by atoms with E-state index >= 15 is 0 Å². The minimum atomic E-state index is -0.242. The number of amides is 1. The van der Waals surface area contributed by atoms with Crippen molar-refractivity contribution < 1.29 is 14.3 Å². The zero-order chi connectivity index (χ0) is 23.6. The van der Waals surface area contributed by atoms with Gasteiger partial charge in [0.05, 0.1) is 11.6 Å². The fraction of sp³-hybridized carbons (Fsp3) is 0.364. The van der Waals surface area contributed by atoms with Crippen LogP contribution in [0.3, 0.4) is 0 Å². The molecule has 0 fully saturated rings. The van der Waals surface area contributed by atoms with Gasteiger partial charge in [-0.2, -0.15) is 0 Å². The Morgan fingerprint density at radius 3 is 2.73 bits per heavy atom. The number of hydrogen-bond donors (Lipinski definition) is 2. The van der Waals surface area contributed by atoms with E-state index in [-0.39, 0.29) is 12.5 Å². The van der Waals surface area contributed by atoms with E-state index in [1.165, 1.54) is 0 Å². The van der Waals surface area contributed by atoms with Gasteiger partial charge in [0, 0.05) is 25.0 Å². The normalized spacial score (nSPS) is 10.8. The minimum Gasteiger partial charge on any atom is -0.493 e. The number of carbonyl (C=O) groups is 1. The number of hydrogen-bond acceptors (Lipinski definition) is 8. The van der Waals surface area contributed by atoms with Crippen molar-refractivity contribution in [2.24, 2.45) is 7.05 Å². The summed E-state index contributed by atoms with van der Waals surface area (Å²) < 4.78 is 13.6. The number of aromatic nitrogens is 4. The number of anilines is 1. The van der Waals surface area contributed by atoms with Crippen LogP contribution in [-0.4, -0.2) is 52.1 Å². The van der Waals surface area contributed by atoms with Crippen LogP contribution in [0.2, 0.25) is 0 Å². The molecular formula is C22H27BrN6O3S. The van der Waals surface area contributed by atoms with Crippen molar-refractivity contribution >= 4 is 39.3 Å². The molecule has 176 valence electrons. The molecule has 0 saturated carbocycles. The highest BCUT2D eigenvalue weighted by Crippen LogP contribution is 2.36. The Morgan fingerprint density at radius 2 is 2.03 bits per heavy atom. The average molecular weight is 535 g/mol. The topological polar surface area (TPSA) is 103 Å². The van der Waals surface area contributed by atoms with Gasteiger partial charge in [-0.15, -0.1) is 5.10 Å². The maximum atomic E-state index is 12.3. The monoisotopic (exact) mass is 534 g/mol. The molecule has 0 spiro atoms. The number of halogens is 1. The van der Waals surface area contributed by atoms with Crippen molar-refractivity contribution in [2.75, 3.05) is 31.3 Å². The second kappa shape index (κ2) is 12.6. The van der Waals surface area contributed by atoms with E-state index in [0.29, 0.717) is 18.0 Å². The van der Waals surface area contributed by atoms with Crippen molar-refractivity contribution in [3.63, 3.8) is 0 Å². The SMILES string of the molecule is COc1cc(CNCCCSc2nnnn2C)cc(Br)c1OCC(=O)Nc1ccc(C)cc1. The van der Waals surface area contributed by atoms with E-state index in [1.807, 2.05) is 50.4 Å². The minimum absolute atomic E-state index is 0.126. The number of carbonyl (C=O) groups excluding carboxylic acids is 1. The van der Waals surface area contributed by atoms with Crippen LogP contribution in [0.15, 0.2) is 46.0 Å². The fourth-order valence-electron chi connectivity index (χ4n) is 2.92. The molecule has 33 heavy (non-hydrogen) atoms. The van der Waals surface area contributed by atoms with E-state index in [2.05, 4.69) is 42.1 Å². The maximum Gasteiger partial charge on any atom is 0.262 e. The lowest BCUT2D eigenvalue weighted by atomic mass is 10.2. The lowest BCUT2D eigenvalue weighted by molar-refractivity contribution is -0.118. The second-order valence-corrected chi connectivity index (χ2v) is 9.19. The summed E-state index contributed by atoms with van der Waals surface area (Å²) in [6.07, 6.45) is 0.979. The molecule has 0 unspecified atom stereocenters. The molecular weight excluding hydrogens is 508 g/mol. The number of nitrogens with zero attached hydrogens (tertiary/aromatic N) is 4. The molecule has 2 N–H and O–H groups in total. The zero-order valence-electron chi connectivity index (χ0n) is 18.8. The third-order valence-electron chi connectivity index (χ3n) is 4.61. The third-order valence-corrected chi connectivity index (χ3v) is 6.30. The number of thioether (sulfide) groups is 1. The standard InChI is InChI=1S/C22H27BrN6O3S/c1-15-5-7-17(8-6-15)25-20(30)14-32-21-18(23)11-16(12-19(21)31-3)13-24-9-4-10-33-22-26-27-28-29(22)2/h5-8,11-12,24H,4,9-10,13-14H2,1-3H3,(H,25,30). The molecule has 0 aliphatic heterocycles. The molecule has 0 bridgehead atoms. The molecule has 0 saturated heterocycles. The van der Waals surface area contributed by atoms with E-state index in [9.17, 15) is 4.79 Å². The van der Waals surface area contributed by atoms with Gasteiger partial charge in [0.15, 0.2) is 18.1 Å². The smallest absolute Gasteiger partial charge is 0.262 e. The van der Waals surface area contributed by atoms with Gasteiger partial charge in [-0.3, -0.25) is 4.79 Å². The van der Waals surface area contributed by atoms with Gasteiger partial charge in [-0.05, 0) is 76.1 Å². The van der Waals surface area contributed by atoms with Crippen LogP contribution < -0.4 is 20.1 Å². The van der Waals surface area contributed by atoms with Gasteiger partial charge in [-0.1, -0.05) is 29.5 Å². The molecule has 1 heterocycles. The van der Waals surface area contributed by atoms with Crippen LogP contribution in [-0.2, 0) is 18.4 Å².